The van der Waals surface area contributed by atoms with E-state index in [1.807, 2.05) is 58.9 Å². The van der Waals surface area contributed by atoms with Crippen molar-refractivity contribution in [3.05, 3.63) is 89.5 Å². The fourth-order valence-electron chi connectivity index (χ4n) is 4.45. The zero-order chi connectivity index (χ0) is 30.2. The molecule has 0 aromatic heterocycles. The molecule has 0 fully saturated rings. The number of nitrogens with one attached hydrogen (secondary N) is 1. The molecule has 9 heteroatoms. The Labute approximate surface area is 244 Å². The molecule has 0 unspecified atom stereocenters. The lowest BCUT2D eigenvalue weighted by Crippen LogP contribution is -2.53. The maximum absolute atomic E-state index is 14.2. The van der Waals surface area contributed by atoms with Crippen LogP contribution in [0.4, 0.5) is 5.69 Å². The molecule has 0 aliphatic carbocycles. The van der Waals surface area contributed by atoms with Crippen LogP contribution in [0.5, 0.6) is 5.75 Å². The molecular weight excluding hydrogens is 538 g/mol. The largest absolute Gasteiger partial charge is 0.497 e. The second-order valence-electron chi connectivity index (χ2n) is 10.2. The fraction of sp³-hybridized carbons (Fsp3) is 0.375. The number of rotatable bonds is 13. The number of sulfonamides is 1. The summed E-state index contributed by atoms with van der Waals surface area (Å²) >= 11 is 0. The van der Waals surface area contributed by atoms with Crippen LogP contribution in [0.25, 0.3) is 0 Å². The van der Waals surface area contributed by atoms with Crippen molar-refractivity contribution in [2.75, 3.05) is 18.0 Å². The zero-order valence-electron chi connectivity index (χ0n) is 24.8. The number of amides is 2. The Kier molecular flexibility index (Phi) is 10.9. The van der Waals surface area contributed by atoms with Gasteiger partial charge in [-0.25, -0.2) is 8.42 Å². The van der Waals surface area contributed by atoms with E-state index in [1.54, 1.807) is 36.4 Å². The predicted octanol–water partition coefficient (Wildman–Crippen LogP) is 5.23. The Bertz CT molecular complexity index is 1420. The summed E-state index contributed by atoms with van der Waals surface area (Å²) in [6, 6.07) is 19.8. The number of carbonyl (C=O) groups excluding carboxylic acids is 2. The first kappa shape index (κ1) is 31.7. The molecule has 1 N–H and O–H groups in total. The van der Waals surface area contributed by atoms with Crippen molar-refractivity contribution in [3.8, 4) is 5.75 Å². The average Bonchev–Trinajstić information content (AvgIpc) is 2.96. The minimum atomic E-state index is -4.13. The molecule has 0 spiro atoms. The standard InChI is InChI=1S/C32H41N3O5S/c1-7-25(5)33-32(37)30(8-2)34(21-26-12-10-9-11-24(26)4)31(36)22-35(27-15-17-28(40-6)18-16-27)41(38,39)29-19-13-23(3)14-20-29/h9-20,25,30H,7-8,21-22H2,1-6H3,(H,33,37)/t25-,30-/m0/s1. The first-order valence-electron chi connectivity index (χ1n) is 13.9. The number of hydrogen-bond donors (Lipinski definition) is 1. The molecule has 3 aromatic rings. The topological polar surface area (TPSA) is 96.0 Å². The van der Waals surface area contributed by atoms with Crippen molar-refractivity contribution < 1.29 is 22.7 Å². The third-order valence-electron chi connectivity index (χ3n) is 7.24. The van der Waals surface area contributed by atoms with E-state index in [-0.39, 0.29) is 23.4 Å². The summed E-state index contributed by atoms with van der Waals surface area (Å²) < 4.78 is 34.3. The molecule has 3 aromatic carbocycles. The molecule has 3 rings (SSSR count). The van der Waals surface area contributed by atoms with Gasteiger partial charge >= 0.3 is 0 Å². The average molecular weight is 580 g/mol. The monoisotopic (exact) mass is 579 g/mol. The Morgan fingerprint density at radius 2 is 1.54 bits per heavy atom. The highest BCUT2D eigenvalue weighted by Crippen LogP contribution is 2.27. The Morgan fingerprint density at radius 3 is 2.10 bits per heavy atom. The highest BCUT2D eigenvalue weighted by molar-refractivity contribution is 7.92. The third-order valence-corrected chi connectivity index (χ3v) is 9.03. The molecule has 0 bridgehead atoms. The molecule has 220 valence electrons. The summed E-state index contributed by atoms with van der Waals surface area (Å²) in [6.07, 6.45) is 1.11. The van der Waals surface area contributed by atoms with Crippen LogP contribution in [0.15, 0.2) is 77.7 Å². The lowest BCUT2D eigenvalue weighted by atomic mass is 10.1. The molecule has 0 aliphatic heterocycles. The molecule has 0 saturated heterocycles. The Hall–Kier alpha value is -3.85. The van der Waals surface area contributed by atoms with Crippen molar-refractivity contribution in [2.45, 2.75) is 71.0 Å². The van der Waals surface area contributed by atoms with Gasteiger partial charge in [0.05, 0.1) is 17.7 Å². The summed E-state index contributed by atoms with van der Waals surface area (Å²) in [5.74, 6) is -0.186. The minimum Gasteiger partial charge on any atom is -0.497 e. The smallest absolute Gasteiger partial charge is 0.264 e. The van der Waals surface area contributed by atoms with E-state index in [9.17, 15) is 18.0 Å². The van der Waals surface area contributed by atoms with Crippen LogP contribution in [-0.2, 0) is 26.2 Å². The van der Waals surface area contributed by atoms with Gasteiger partial charge in [0.15, 0.2) is 0 Å². The van der Waals surface area contributed by atoms with Gasteiger partial charge in [-0.2, -0.15) is 0 Å². The van der Waals surface area contributed by atoms with E-state index in [4.69, 9.17) is 4.74 Å². The maximum Gasteiger partial charge on any atom is 0.264 e. The van der Waals surface area contributed by atoms with Crippen LogP contribution in [0.2, 0.25) is 0 Å². The van der Waals surface area contributed by atoms with E-state index in [1.165, 1.54) is 24.1 Å². The number of ether oxygens (including phenoxy) is 1. The number of hydrogen-bond acceptors (Lipinski definition) is 5. The van der Waals surface area contributed by atoms with Crippen molar-refractivity contribution in [1.82, 2.24) is 10.2 Å². The van der Waals surface area contributed by atoms with Gasteiger partial charge in [0.2, 0.25) is 11.8 Å². The molecule has 2 amide bonds. The quantitative estimate of drug-likeness (QED) is 0.299. The molecular formula is C32H41N3O5S. The molecule has 0 saturated carbocycles. The second kappa shape index (κ2) is 14.2. The predicted molar refractivity (Wildman–Crippen MR) is 162 cm³/mol. The highest BCUT2D eigenvalue weighted by atomic mass is 32.2. The lowest BCUT2D eigenvalue weighted by Gasteiger charge is -2.34. The summed E-state index contributed by atoms with van der Waals surface area (Å²) in [7, 11) is -2.61. The number of benzene rings is 3. The van der Waals surface area contributed by atoms with Crippen molar-refractivity contribution >= 4 is 27.5 Å². The second-order valence-corrected chi connectivity index (χ2v) is 12.1. The first-order valence-corrected chi connectivity index (χ1v) is 15.3. The highest BCUT2D eigenvalue weighted by Gasteiger charge is 2.34. The molecule has 8 nitrogen and oxygen atoms in total. The minimum absolute atomic E-state index is 0.0651. The molecule has 0 heterocycles. The van der Waals surface area contributed by atoms with Crippen LogP contribution >= 0.6 is 0 Å². The SMILES string of the molecule is CC[C@H](C)NC(=O)[C@H](CC)N(Cc1ccccc1C)C(=O)CN(c1ccc(OC)cc1)S(=O)(=O)c1ccc(C)cc1. The van der Waals surface area contributed by atoms with Crippen LogP contribution in [0.1, 0.15) is 50.3 Å². The van der Waals surface area contributed by atoms with Gasteiger partial charge in [0.25, 0.3) is 10.0 Å². The van der Waals surface area contributed by atoms with Crippen molar-refractivity contribution in [2.24, 2.45) is 0 Å². The van der Waals surface area contributed by atoms with E-state index in [0.717, 1.165) is 27.4 Å². The van der Waals surface area contributed by atoms with Gasteiger partial charge in [0.1, 0.15) is 18.3 Å². The molecule has 41 heavy (non-hydrogen) atoms. The number of carbonyl (C=O) groups is 2. The Morgan fingerprint density at radius 1 is 0.902 bits per heavy atom. The van der Waals surface area contributed by atoms with E-state index in [2.05, 4.69) is 5.32 Å². The van der Waals surface area contributed by atoms with Gasteiger partial charge in [-0.05, 0) is 81.1 Å². The van der Waals surface area contributed by atoms with Gasteiger partial charge in [-0.3, -0.25) is 13.9 Å². The Balaban J connectivity index is 2.07. The van der Waals surface area contributed by atoms with Crippen LogP contribution in [0.3, 0.4) is 0 Å². The first-order chi connectivity index (χ1) is 19.5. The van der Waals surface area contributed by atoms with Gasteiger partial charge in [-0.1, -0.05) is 55.8 Å². The van der Waals surface area contributed by atoms with Crippen molar-refractivity contribution in [3.63, 3.8) is 0 Å². The molecule has 0 aliphatic rings. The summed E-state index contributed by atoms with van der Waals surface area (Å²) in [4.78, 5) is 29.1. The third kappa shape index (κ3) is 7.88. The van der Waals surface area contributed by atoms with Gasteiger partial charge in [0, 0.05) is 12.6 Å². The van der Waals surface area contributed by atoms with Crippen LogP contribution < -0.4 is 14.4 Å². The number of anilines is 1. The fourth-order valence-corrected chi connectivity index (χ4v) is 5.86. The van der Waals surface area contributed by atoms with Crippen molar-refractivity contribution in [1.29, 1.82) is 0 Å². The van der Waals surface area contributed by atoms with E-state index in [0.29, 0.717) is 17.9 Å². The molecule has 2 atom stereocenters. The van der Waals surface area contributed by atoms with Crippen LogP contribution in [0, 0.1) is 13.8 Å². The number of aryl methyl sites for hydroxylation is 2. The number of nitrogens with zero attached hydrogens (tertiary/aromatic N) is 2. The lowest BCUT2D eigenvalue weighted by molar-refractivity contribution is -0.140. The van der Waals surface area contributed by atoms with Gasteiger partial charge in [-0.15, -0.1) is 0 Å². The summed E-state index contributed by atoms with van der Waals surface area (Å²) in [6.45, 7) is 9.25. The number of methoxy groups -OCH3 is 1. The van der Waals surface area contributed by atoms with Crippen LogP contribution in [-0.4, -0.2) is 50.9 Å². The molecule has 0 radical (unpaired) electrons. The zero-order valence-corrected chi connectivity index (χ0v) is 25.6. The maximum atomic E-state index is 14.2. The van der Waals surface area contributed by atoms with E-state index < -0.39 is 28.5 Å². The summed E-state index contributed by atoms with van der Waals surface area (Å²) in [5.41, 5.74) is 3.08. The normalized spacial score (nSPS) is 12.7. The summed E-state index contributed by atoms with van der Waals surface area (Å²) in [5, 5.41) is 3.00. The van der Waals surface area contributed by atoms with Gasteiger partial charge < -0.3 is 15.0 Å². The van der Waals surface area contributed by atoms with E-state index >= 15 is 0 Å².